The highest BCUT2D eigenvalue weighted by molar-refractivity contribution is 5.31. The number of nitrogens with zero attached hydrogens (tertiary/aromatic N) is 2. The third-order valence-corrected chi connectivity index (χ3v) is 2.85. The summed E-state index contributed by atoms with van der Waals surface area (Å²) in [7, 11) is 0. The average Bonchev–Trinajstić information content (AvgIpc) is 2.38. The van der Waals surface area contributed by atoms with Crippen molar-refractivity contribution in [3.05, 3.63) is 18.1 Å². The van der Waals surface area contributed by atoms with Gasteiger partial charge in [-0.25, -0.2) is 4.98 Å². The lowest BCUT2D eigenvalue weighted by Crippen LogP contribution is -2.27. The molecule has 0 aromatic carbocycles. The summed E-state index contributed by atoms with van der Waals surface area (Å²) in [5, 5.41) is 15.0. The largest absolute Gasteiger partial charge is 0.395 e. The number of hydrogen-bond donors (Lipinski definition) is 3. The second-order valence-electron chi connectivity index (χ2n) is 4.00. The molecule has 88 valence electrons. The molecule has 1 aromatic heterocycles. The number of piperidine rings is 1. The summed E-state index contributed by atoms with van der Waals surface area (Å²) < 4.78 is 0. The number of anilines is 1. The van der Waals surface area contributed by atoms with Crippen LogP contribution in [0.15, 0.2) is 12.4 Å². The molecule has 1 saturated heterocycles. The Bertz CT molecular complexity index is 308. The Balaban J connectivity index is 1.95. The Kier molecular flexibility index (Phi) is 4.07. The second-order valence-corrected chi connectivity index (χ2v) is 4.00. The van der Waals surface area contributed by atoms with Gasteiger partial charge in [-0.05, 0) is 25.9 Å². The van der Waals surface area contributed by atoms with Gasteiger partial charge in [0.05, 0.1) is 24.7 Å². The molecule has 0 saturated carbocycles. The van der Waals surface area contributed by atoms with Crippen molar-refractivity contribution in [3.8, 4) is 0 Å². The number of aromatic nitrogens is 2. The molecule has 0 amide bonds. The summed E-state index contributed by atoms with van der Waals surface area (Å²) in [5.74, 6) is 1.27. The van der Waals surface area contributed by atoms with E-state index in [0.717, 1.165) is 37.4 Å². The molecule has 0 unspecified atom stereocenters. The number of aliphatic hydroxyl groups excluding tert-OH is 1. The Labute approximate surface area is 95.3 Å². The highest BCUT2D eigenvalue weighted by Gasteiger charge is 2.16. The summed E-state index contributed by atoms with van der Waals surface area (Å²) in [6.45, 7) is 2.76. The minimum Gasteiger partial charge on any atom is -0.395 e. The molecular formula is C11H18N4O. The first-order chi connectivity index (χ1) is 7.90. The van der Waals surface area contributed by atoms with Crippen LogP contribution in [0.2, 0.25) is 0 Å². The fourth-order valence-corrected chi connectivity index (χ4v) is 1.94. The average molecular weight is 222 g/mol. The molecule has 0 radical (unpaired) electrons. The molecule has 1 aliphatic rings. The molecule has 2 rings (SSSR count). The van der Waals surface area contributed by atoms with E-state index in [4.69, 9.17) is 5.11 Å². The van der Waals surface area contributed by atoms with Crippen molar-refractivity contribution in [2.75, 3.05) is 31.6 Å². The third kappa shape index (κ3) is 2.90. The van der Waals surface area contributed by atoms with Crippen LogP contribution in [0.5, 0.6) is 0 Å². The monoisotopic (exact) mass is 222 g/mol. The number of aliphatic hydroxyl groups is 1. The number of hydrogen-bond acceptors (Lipinski definition) is 5. The Morgan fingerprint density at radius 1 is 1.31 bits per heavy atom. The van der Waals surface area contributed by atoms with E-state index < -0.39 is 0 Å². The molecule has 0 atom stereocenters. The van der Waals surface area contributed by atoms with E-state index in [1.54, 1.807) is 6.20 Å². The van der Waals surface area contributed by atoms with Crippen molar-refractivity contribution in [3.63, 3.8) is 0 Å². The fraction of sp³-hybridized carbons (Fsp3) is 0.636. The Morgan fingerprint density at radius 3 is 2.75 bits per heavy atom. The summed E-state index contributed by atoms with van der Waals surface area (Å²) in [6.07, 6.45) is 5.86. The van der Waals surface area contributed by atoms with Crippen LogP contribution < -0.4 is 10.6 Å². The predicted molar refractivity (Wildman–Crippen MR) is 62.5 cm³/mol. The fourth-order valence-electron chi connectivity index (χ4n) is 1.94. The standard InChI is InChI=1S/C11H18N4O/c16-6-5-13-11-8-14-10(7-15-11)9-1-3-12-4-2-9/h7-9,12,16H,1-6H2,(H,13,15). The van der Waals surface area contributed by atoms with Crippen LogP contribution in [0.1, 0.15) is 24.5 Å². The highest BCUT2D eigenvalue weighted by atomic mass is 16.3. The van der Waals surface area contributed by atoms with E-state index >= 15 is 0 Å². The van der Waals surface area contributed by atoms with Crippen molar-refractivity contribution >= 4 is 5.82 Å². The van der Waals surface area contributed by atoms with Crippen molar-refractivity contribution < 1.29 is 5.11 Å². The van der Waals surface area contributed by atoms with Crippen LogP contribution in [0.4, 0.5) is 5.82 Å². The normalized spacial score (nSPS) is 17.3. The molecule has 0 bridgehead atoms. The van der Waals surface area contributed by atoms with Gasteiger partial charge in [0.15, 0.2) is 0 Å². The van der Waals surface area contributed by atoms with Gasteiger partial charge in [-0.2, -0.15) is 0 Å². The number of rotatable bonds is 4. The van der Waals surface area contributed by atoms with E-state index in [9.17, 15) is 0 Å². The summed E-state index contributed by atoms with van der Waals surface area (Å²) >= 11 is 0. The van der Waals surface area contributed by atoms with Crippen LogP contribution >= 0.6 is 0 Å². The van der Waals surface area contributed by atoms with Gasteiger partial charge >= 0.3 is 0 Å². The Morgan fingerprint density at radius 2 is 2.12 bits per heavy atom. The number of nitrogens with one attached hydrogen (secondary N) is 2. The van der Waals surface area contributed by atoms with Gasteiger partial charge in [-0.1, -0.05) is 0 Å². The van der Waals surface area contributed by atoms with E-state index in [-0.39, 0.29) is 6.61 Å². The maximum absolute atomic E-state index is 8.67. The SMILES string of the molecule is OCCNc1cnc(C2CCNCC2)cn1. The van der Waals surface area contributed by atoms with Crippen molar-refractivity contribution in [2.24, 2.45) is 0 Å². The minimum atomic E-state index is 0.109. The minimum absolute atomic E-state index is 0.109. The molecule has 5 nitrogen and oxygen atoms in total. The van der Waals surface area contributed by atoms with Gasteiger partial charge in [0.2, 0.25) is 0 Å². The zero-order valence-electron chi connectivity index (χ0n) is 9.32. The van der Waals surface area contributed by atoms with Gasteiger partial charge in [-0.3, -0.25) is 4.98 Å². The third-order valence-electron chi connectivity index (χ3n) is 2.85. The lowest BCUT2D eigenvalue weighted by molar-refractivity contribution is 0.311. The Hall–Kier alpha value is -1.20. The lowest BCUT2D eigenvalue weighted by Gasteiger charge is -2.21. The van der Waals surface area contributed by atoms with Gasteiger partial charge < -0.3 is 15.7 Å². The summed E-state index contributed by atoms with van der Waals surface area (Å²) in [4.78, 5) is 8.71. The summed E-state index contributed by atoms with van der Waals surface area (Å²) in [5.41, 5.74) is 1.08. The van der Waals surface area contributed by atoms with Crippen LogP contribution in [0.25, 0.3) is 0 Å². The first-order valence-corrected chi connectivity index (χ1v) is 5.77. The maximum atomic E-state index is 8.67. The highest BCUT2D eigenvalue weighted by Crippen LogP contribution is 2.22. The van der Waals surface area contributed by atoms with E-state index in [1.807, 2.05) is 6.20 Å². The molecule has 16 heavy (non-hydrogen) atoms. The van der Waals surface area contributed by atoms with E-state index in [0.29, 0.717) is 12.5 Å². The smallest absolute Gasteiger partial charge is 0.144 e. The van der Waals surface area contributed by atoms with Crippen LogP contribution in [0.3, 0.4) is 0 Å². The lowest BCUT2D eigenvalue weighted by atomic mass is 9.95. The quantitative estimate of drug-likeness (QED) is 0.685. The first-order valence-electron chi connectivity index (χ1n) is 5.77. The van der Waals surface area contributed by atoms with Gasteiger partial charge in [0.25, 0.3) is 0 Å². The van der Waals surface area contributed by atoms with Gasteiger partial charge in [-0.15, -0.1) is 0 Å². The van der Waals surface area contributed by atoms with Gasteiger partial charge in [0.1, 0.15) is 5.82 Å². The molecule has 3 N–H and O–H groups in total. The molecular weight excluding hydrogens is 204 g/mol. The molecule has 2 heterocycles. The first kappa shape index (κ1) is 11.3. The van der Waals surface area contributed by atoms with Crippen molar-refractivity contribution in [2.45, 2.75) is 18.8 Å². The van der Waals surface area contributed by atoms with Crippen LogP contribution in [-0.2, 0) is 0 Å². The predicted octanol–water partition coefficient (Wildman–Crippen LogP) is 0.348. The van der Waals surface area contributed by atoms with Crippen molar-refractivity contribution in [1.82, 2.24) is 15.3 Å². The zero-order chi connectivity index (χ0) is 11.2. The molecule has 1 aliphatic heterocycles. The molecule has 0 spiro atoms. The second kappa shape index (κ2) is 5.77. The zero-order valence-corrected chi connectivity index (χ0v) is 9.32. The topological polar surface area (TPSA) is 70.1 Å². The van der Waals surface area contributed by atoms with E-state index in [2.05, 4.69) is 20.6 Å². The van der Waals surface area contributed by atoms with Crippen LogP contribution in [-0.4, -0.2) is 41.3 Å². The van der Waals surface area contributed by atoms with Crippen molar-refractivity contribution in [1.29, 1.82) is 0 Å². The molecule has 1 aromatic rings. The van der Waals surface area contributed by atoms with E-state index in [1.165, 1.54) is 0 Å². The van der Waals surface area contributed by atoms with Gasteiger partial charge in [0, 0.05) is 12.5 Å². The van der Waals surface area contributed by atoms with Crippen LogP contribution in [0, 0.1) is 0 Å². The molecule has 0 aliphatic carbocycles. The molecule has 1 fully saturated rings. The maximum Gasteiger partial charge on any atom is 0.144 e. The molecule has 5 heteroatoms. The summed E-state index contributed by atoms with van der Waals surface area (Å²) in [6, 6.07) is 0.